The summed E-state index contributed by atoms with van der Waals surface area (Å²) in [7, 11) is 0. The molecule has 2 bridgehead atoms. The van der Waals surface area contributed by atoms with Gasteiger partial charge in [-0.15, -0.1) is 0 Å². The second kappa shape index (κ2) is 5.01. The van der Waals surface area contributed by atoms with E-state index < -0.39 is 11.7 Å². The normalized spacial score (nSPS) is 30.9. The average Bonchev–Trinajstić information content (AvgIpc) is 3.17. The van der Waals surface area contributed by atoms with Crippen molar-refractivity contribution >= 4 is 23.4 Å². The molecule has 1 saturated heterocycles. The number of hydrogen-bond donors (Lipinski definition) is 1. The monoisotopic (exact) mass is 314 g/mol. The third-order valence-electron chi connectivity index (χ3n) is 4.97. The van der Waals surface area contributed by atoms with E-state index in [1.165, 1.54) is 18.2 Å². The van der Waals surface area contributed by atoms with Gasteiger partial charge in [-0.3, -0.25) is 19.3 Å². The van der Waals surface area contributed by atoms with E-state index in [0.717, 1.165) is 11.3 Å². The lowest BCUT2D eigenvalue weighted by atomic mass is 9.85. The Kier molecular flexibility index (Phi) is 3.07. The van der Waals surface area contributed by atoms with Crippen molar-refractivity contribution in [3.63, 3.8) is 0 Å². The predicted octanol–water partition coefficient (Wildman–Crippen LogP) is 1.57. The lowest BCUT2D eigenvalue weighted by molar-refractivity contribution is -0.143. The summed E-state index contributed by atoms with van der Waals surface area (Å²) in [6.07, 6.45) is 4.87. The van der Waals surface area contributed by atoms with E-state index in [0.29, 0.717) is 5.69 Å². The number of nitrogens with one attached hydrogen (secondary N) is 1. The standard InChI is InChI=1S/C17H15FN2O3/c18-11-2-1-3-12(7-11)19-13(21)8-20-16(22)14-9-4-5-10(6-9)15(14)17(20)23/h1-5,7,9-10,14-15H,6,8H2,(H,19,21). The smallest absolute Gasteiger partial charge is 0.244 e. The molecule has 0 radical (unpaired) electrons. The molecule has 3 aliphatic rings. The van der Waals surface area contributed by atoms with Crippen LogP contribution in [-0.2, 0) is 14.4 Å². The summed E-state index contributed by atoms with van der Waals surface area (Å²) in [6, 6.07) is 5.48. The first kappa shape index (κ1) is 14.1. The van der Waals surface area contributed by atoms with Crippen LogP contribution >= 0.6 is 0 Å². The number of anilines is 1. The van der Waals surface area contributed by atoms with E-state index in [4.69, 9.17) is 0 Å². The maximum atomic E-state index is 13.1. The Morgan fingerprint density at radius 1 is 1.17 bits per heavy atom. The highest BCUT2D eigenvalue weighted by molar-refractivity contribution is 6.09. The zero-order chi connectivity index (χ0) is 16.1. The lowest BCUT2D eigenvalue weighted by Gasteiger charge is -2.16. The average molecular weight is 314 g/mol. The van der Waals surface area contributed by atoms with Gasteiger partial charge >= 0.3 is 0 Å². The molecule has 118 valence electrons. The first-order valence-corrected chi connectivity index (χ1v) is 7.63. The Balaban J connectivity index is 1.46. The van der Waals surface area contributed by atoms with Crippen LogP contribution in [0.15, 0.2) is 36.4 Å². The first-order valence-electron chi connectivity index (χ1n) is 7.63. The van der Waals surface area contributed by atoms with Crippen LogP contribution in [-0.4, -0.2) is 29.2 Å². The van der Waals surface area contributed by atoms with Crippen molar-refractivity contribution in [2.24, 2.45) is 23.7 Å². The molecule has 1 N–H and O–H groups in total. The van der Waals surface area contributed by atoms with Gasteiger partial charge in [0.2, 0.25) is 17.7 Å². The van der Waals surface area contributed by atoms with Gasteiger partial charge < -0.3 is 5.32 Å². The molecule has 1 aromatic carbocycles. The molecule has 5 nitrogen and oxygen atoms in total. The number of fused-ring (bicyclic) bond motifs is 5. The molecule has 23 heavy (non-hydrogen) atoms. The molecule has 4 rings (SSSR count). The number of nitrogens with zero attached hydrogens (tertiary/aromatic N) is 1. The number of hydrogen-bond acceptors (Lipinski definition) is 3. The van der Waals surface area contributed by atoms with Crippen molar-refractivity contribution in [2.45, 2.75) is 6.42 Å². The molecule has 0 spiro atoms. The quantitative estimate of drug-likeness (QED) is 0.680. The summed E-state index contributed by atoms with van der Waals surface area (Å²) in [5, 5.41) is 2.51. The first-order chi connectivity index (χ1) is 11.0. The van der Waals surface area contributed by atoms with Crippen molar-refractivity contribution in [3.8, 4) is 0 Å². The van der Waals surface area contributed by atoms with E-state index in [-0.39, 0.29) is 42.0 Å². The van der Waals surface area contributed by atoms with Gasteiger partial charge in [-0.1, -0.05) is 18.2 Å². The topological polar surface area (TPSA) is 66.5 Å². The molecule has 4 unspecified atom stereocenters. The fourth-order valence-electron chi connectivity index (χ4n) is 4.03. The highest BCUT2D eigenvalue weighted by Gasteiger charge is 2.59. The number of amides is 3. The molecule has 6 heteroatoms. The van der Waals surface area contributed by atoms with E-state index in [9.17, 15) is 18.8 Å². The molecular weight excluding hydrogens is 299 g/mol. The van der Waals surface area contributed by atoms with Gasteiger partial charge in [0.15, 0.2) is 0 Å². The molecule has 1 aromatic rings. The highest BCUT2D eigenvalue weighted by Crippen LogP contribution is 2.52. The largest absolute Gasteiger partial charge is 0.324 e. The summed E-state index contributed by atoms with van der Waals surface area (Å²) in [4.78, 5) is 38.0. The van der Waals surface area contributed by atoms with Crippen LogP contribution in [0.25, 0.3) is 0 Å². The Morgan fingerprint density at radius 2 is 1.83 bits per heavy atom. The van der Waals surface area contributed by atoms with Gasteiger partial charge in [-0.25, -0.2) is 4.39 Å². The maximum absolute atomic E-state index is 13.1. The van der Waals surface area contributed by atoms with Crippen LogP contribution < -0.4 is 5.32 Å². The molecule has 1 aliphatic heterocycles. The number of likely N-dealkylation sites (tertiary alicyclic amines) is 1. The van der Waals surface area contributed by atoms with Crippen LogP contribution in [0.5, 0.6) is 0 Å². The number of rotatable bonds is 3. The Hall–Kier alpha value is -2.50. The SMILES string of the molecule is O=C(CN1C(=O)C2C3C=CC(C3)C2C1=O)Nc1cccc(F)c1. The van der Waals surface area contributed by atoms with Gasteiger partial charge in [0.05, 0.1) is 11.8 Å². The van der Waals surface area contributed by atoms with Gasteiger partial charge in [-0.2, -0.15) is 0 Å². The third kappa shape index (κ3) is 2.17. The van der Waals surface area contributed by atoms with Crippen molar-refractivity contribution in [1.29, 1.82) is 0 Å². The van der Waals surface area contributed by atoms with Gasteiger partial charge in [-0.05, 0) is 36.5 Å². The lowest BCUT2D eigenvalue weighted by Crippen LogP contribution is -2.39. The van der Waals surface area contributed by atoms with Gasteiger partial charge in [0.1, 0.15) is 12.4 Å². The van der Waals surface area contributed by atoms with E-state index >= 15 is 0 Å². The maximum Gasteiger partial charge on any atom is 0.244 e. The second-order valence-corrected chi connectivity index (χ2v) is 6.32. The Labute approximate surface area is 132 Å². The number of imide groups is 1. The van der Waals surface area contributed by atoms with Crippen LogP contribution in [0.1, 0.15) is 6.42 Å². The zero-order valence-corrected chi connectivity index (χ0v) is 12.2. The number of halogens is 1. The van der Waals surface area contributed by atoms with Crippen LogP contribution in [0.2, 0.25) is 0 Å². The number of carbonyl (C=O) groups is 3. The minimum atomic E-state index is -0.502. The van der Waals surface area contributed by atoms with E-state index in [2.05, 4.69) is 5.32 Å². The molecule has 0 aromatic heterocycles. The third-order valence-corrected chi connectivity index (χ3v) is 4.97. The number of carbonyl (C=O) groups excluding carboxylic acids is 3. The van der Waals surface area contributed by atoms with Crippen molar-refractivity contribution in [2.75, 3.05) is 11.9 Å². The fraction of sp³-hybridized carbons (Fsp3) is 0.353. The molecular formula is C17H15FN2O3. The van der Waals surface area contributed by atoms with Crippen molar-refractivity contribution in [1.82, 2.24) is 4.90 Å². The highest BCUT2D eigenvalue weighted by atomic mass is 19.1. The minimum absolute atomic E-state index is 0.123. The zero-order valence-electron chi connectivity index (χ0n) is 12.2. The second-order valence-electron chi connectivity index (χ2n) is 6.32. The predicted molar refractivity (Wildman–Crippen MR) is 79.5 cm³/mol. The van der Waals surface area contributed by atoms with Gasteiger partial charge in [0, 0.05) is 5.69 Å². The van der Waals surface area contributed by atoms with Crippen LogP contribution in [0.4, 0.5) is 10.1 Å². The minimum Gasteiger partial charge on any atom is -0.324 e. The summed E-state index contributed by atoms with van der Waals surface area (Å²) in [5.41, 5.74) is 0.302. The molecule has 2 aliphatic carbocycles. The van der Waals surface area contributed by atoms with Crippen LogP contribution in [0, 0.1) is 29.5 Å². The van der Waals surface area contributed by atoms with Crippen LogP contribution in [0.3, 0.4) is 0 Å². The summed E-state index contributed by atoms with van der Waals surface area (Å²) >= 11 is 0. The van der Waals surface area contributed by atoms with E-state index in [1.807, 2.05) is 12.2 Å². The molecule has 2 fully saturated rings. The van der Waals surface area contributed by atoms with E-state index in [1.54, 1.807) is 6.07 Å². The molecule has 1 saturated carbocycles. The van der Waals surface area contributed by atoms with Crippen molar-refractivity contribution in [3.05, 3.63) is 42.2 Å². The molecule has 1 heterocycles. The number of benzene rings is 1. The van der Waals surface area contributed by atoms with Crippen molar-refractivity contribution < 1.29 is 18.8 Å². The Morgan fingerprint density at radius 3 is 2.43 bits per heavy atom. The molecule has 4 atom stereocenters. The molecule has 3 amide bonds. The number of allylic oxidation sites excluding steroid dienone is 2. The Bertz CT molecular complexity index is 715. The summed E-state index contributed by atoms with van der Waals surface area (Å²) in [5.74, 6) is -1.85. The fourth-order valence-corrected chi connectivity index (χ4v) is 4.03. The summed E-state index contributed by atoms with van der Waals surface area (Å²) in [6.45, 7) is -0.319. The summed E-state index contributed by atoms with van der Waals surface area (Å²) < 4.78 is 13.1. The van der Waals surface area contributed by atoms with Gasteiger partial charge in [0.25, 0.3) is 0 Å².